The number of carbonyl (C=O) groups excluding carboxylic acids is 1. The summed E-state index contributed by atoms with van der Waals surface area (Å²) in [7, 11) is 0. The first-order valence-electron chi connectivity index (χ1n) is 15.0. The van der Waals surface area contributed by atoms with E-state index in [1.165, 1.54) is 43.2 Å². The van der Waals surface area contributed by atoms with Gasteiger partial charge in [-0.15, -0.1) is 0 Å². The molecule has 214 valence electrons. The minimum atomic E-state index is 0.0499. The van der Waals surface area contributed by atoms with Crippen molar-refractivity contribution in [1.29, 1.82) is 5.41 Å². The summed E-state index contributed by atoms with van der Waals surface area (Å²) in [6, 6.07) is 24.3. The minimum absolute atomic E-state index is 0.0499. The zero-order valence-electron chi connectivity index (χ0n) is 23.9. The number of aryl methyl sites for hydroxylation is 4. The lowest BCUT2D eigenvalue weighted by Crippen LogP contribution is -2.39. The number of rotatable bonds is 12. The smallest absolute Gasteiger partial charge is 0.253 e. The van der Waals surface area contributed by atoms with E-state index in [9.17, 15) is 4.79 Å². The minimum Gasteiger partial charge on any atom is -0.384 e. The Labute approximate surface area is 243 Å². The monoisotopic (exact) mass is 550 g/mol. The number of hydrogen-bond acceptors (Lipinski definition) is 4. The van der Waals surface area contributed by atoms with Crippen LogP contribution in [0.5, 0.6) is 0 Å². The largest absolute Gasteiger partial charge is 0.384 e. The first-order chi connectivity index (χ1) is 20.0. The van der Waals surface area contributed by atoms with E-state index >= 15 is 0 Å². The lowest BCUT2D eigenvalue weighted by molar-refractivity contribution is 0.0719. The molecule has 0 unspecified atom stereocenters. The standard InChI is InChI=1S/C34H42N6O/c35-20-22-39(24-27-9-5-2-6-10-27)34(41)29-16-17-31-30(23-29)38-32(40(31)21-19-25-7-3-1-4-8-25)18-13-26-11-14-28(15-12-26)33(36)37/h1,3-4,7-8,11-12,14-17,23,27H,2,5-6,9-10,13,18-22,24,35H2,(H3,36,37). The van der Waals surface area contributed by atoms with Gasteiger partial charge in [0.25, 0.3) is 5.91 Å². The van der Waals surface area contributed by atoms with Crippen LogP contribution in [0.25, 0.3) is 11.0 Å². The predicted octanol–water partition coefficient (Wildman–Crippen LogP) is 5.33. The second kappa shape index (κ2) is 13.6. The van der Waals surface area contributed by atoms with Gasteiger partial charge < -0.3 is 20.9 Å². The van der Waals surface area contributed by atoms with Crippen molar-refractivity contribution in [2.45, 2.75) is 57.9 Å². The van der Waals surface area contributed by atoms with Crippen molar-refractivity contribution in [3.8, 4) is 0 Å². The van der Waals surface area contributed by atoms with E-state index in [1.54, 1.807) is 0 Å². The first kappa shape index (κ1) is 28.6. The molecule has 1 fully saturated rings. The number of nitrogen functional groups attached to an aromatic ring is 1. The van der Waals surface area contributed by atoms with E-state index in [2.05, 4.69) is 34.9 Å². The van der Waals surface area contributed by atoms with Gasteiger partial charge in [-0.05, 0) is 60.9 Å². The molecule has 7 heteroatoms. The van der Waals surface area contributed by atoms with Crippen molar-refractivity contribution in [1.82, 2.24) is 14.5 Å². The number of hydrogen-bond donors (Lipinski definition) is 3. The van der Waals surface area contributed by atoms with Crippen LogP contribution in [0.4, 0.5) is 0 Å². The van der Waals surface area contributed by atoms with Gasteiger partial charge in [0.05, 0.1) is 11.0 Å². The summed E-state index contributed by atoms with van der Waals surface area (Å²) in [5.74, 6) is 1.70. The van der Waals surface area contributed by atoms with Gasteiger partial charge in [0, 0.05) is 43.7 Å². The normalized spacial score (nSPS) is 13.9. The zero-order chi connectivity index (χ0) is 28.6. The van der Waals surface area contributed by atoms with Gasteiger partial charge in [-0.2, -0.15) is 0 Å². The fourth-order valence-electron chi connectivity index (χ4n) is 6.04. The Balaban J connectivity index is 1.39. The highest BCUT2D eigenvalue weighted by molar-refractivity contribution is 5.97. The Morgan fingerprint density at radius 1 is 0.902 bits per heavy atom. The van der Waals surface area contributed by atoms with Gasteiger partial charge in [-0.3, -0.25) is 10.2 Å². The van der Waals surface area contributed by atoms with Crippen LogP contribution in [0.3, 0.4) is 0 Å². The fraction of sp³-hybridized carbons (Fsp3) is 0.382. The molecule has 5 N–H and O–H groups in total. The number of aromatic nitrogens is 2. The van der Waals surface area contributed by atoms with Crippen molar-refractivity contribution >= 4 is 22.8 Å². The van der Waals surface area contributed by atoms with Gasteiger partial charge in [0.1, 0.15) is 11.7 Å². The third kappa shape index (κ3) is 7.22. The molecule has 0 spiro atoms. The molecule has 5 rings (SSSR count). The summed E-state index contributed by atoms with van der Waals surface area (Å²) in [4.78, 5) is 20.7. The van der Waals surface area contributed by atoms with E-state index in [0.29, 0.717) is 24.6 Å². The SMILES string of the molecule is N=C(N)c1ccc(CCc2nc3cc(C(=O)N(CCN)CC4CCCCC4)ccc3n2CCc2ccccc2)cc1. The maximum absolute atomic E-state index is 13.7. The number of amidine groups is 1. The van der Waals surface area contributed by atoms with Gasteiger partial charge >= 0.3 is 0 Å². The van der Waals surface area contributed by atoms with Crippen molar-refractivity contribution in [2.24, 2.45) is 17.4 Å². The van der Waals surface area contributed by atoms with E-state index in [4.69, 9.17) is 21.9 Å². The lowest BCUT2D eigenvalue weighted by Gasteiger charge is -2.29. The molecule has 1 amide bonds. The highest BCUT2D eigenvalue weighted by atomic mass is 16.2. The predicted molar refractivity (Wildman–Crippen MR) is 166 cm³/mol. The van der Waals surface area contributed by atoms with Gasteiger partial charge in [0.15, 0.2) is 0 Å². The molecule has 1 aliphatic carbocycles. The maximum Gasteiger partial charge on any atom is 0.253 e. The van der Waals surface area contributed by atoms with Crippen LogP contribution in [0.1, 0.15) is 65.0 Å². The van der Waals surface area contributed by atoms with Crippen LogP contribution in [0.2, 0.25) is 0 Å². The molecular formula is C34H42N6O. The highest BCUT2D eigenvalue weighted by Crippen LogP contribution is 2.26. The summed E-state index contributed by atoms with van der Waals surface area (Å²) in [6.07, 6.45) is 8.70. The summed E-state index contributed by atoms with van der Waals surface area (Å²) >= 11 is 0. The lowest BCUT2D eigenvalue weighted by atomic mass is 9.89. The molecule has 1 heterocycles. The van der Waals surface area contributed by atoms with Crippen LogP contribution in [-0.2, 0) is 25.8 Å². The zero-order valence-corrected chi connectivity index (χ0v) is 23.9. The molecule has 0 aliphatic heterocycles. The van der Waals surface area contributed by atoms with Crippen molar-refractivity contribution in [3.05, 3.63) is 101 Å². The fourth-order valence-corrected chi connectivity index (χ4v) is 6.04. The van der Waals surface area contributed by atoms with Crippen molar-refractivity contribution < 1.29 is 4.79 Å². The molecule has 3 aromatic carbocycles. The second-order valence-corrected chi connectivity index (χ2v) is 11.3. The topological polar surface area (TPSA) is 114 Å². The van der Waals surface area contributed by atoms with Crippen LogP contribution in [0, 0.1) is 11.3 Å². The number of fused-ring (bicyclic) bond motifs is 1. The second-order valence-electron chi connectivity index (χ2n) is 11.3. The summed E-state index contributed by atoms with van der Waals surface area (Å²) in [5, 5.41) is 7.64. The summed E-state index contributed by atoms with van der Waals surface area (Å²) in [5.41, 5.74) is 17.3. The van der Waals surface area contributed by atoms with Crippen LogP contribution in [-0.4, -0.2) is 45.8 Å². The van der Waals surface area contributed by atoms with Gasteiger partial charge in [-0.1, -0.05) is 73.9 Å². The summed E-state index contributed by atoms with van der Waals surface area (Å²) in [6.45, 7) is 2.64. The van der Waals surface area contributed by atoms with Crippen LogP contribution in [0.15, 0.2) is 72.8 Å². The molecular weight excluding hydrogens is 508 g/mol. The van der Waals surface area contributed by atoms with E-state index in [0.717, 1.165) is 54.8 Å². The Kier molecular flexibility index (Phi) is 9.47. The Bertz CT molecular complexity index is 1450. The number of amides is 1. The molecule has 0 saturated heterocycles. The van der Waals surface area contributed by atoms with E-state index < -0.39 is 0 Å². The molecule has 1 aromatic heterocycles. The number of carbonyl (C=O) groups is 1. The van der Waals surface area contributed by atoms with Crippen LogP contribution >= 0.6 is 0 Å². The molecule has 1 aliphatic rings. The number of nitrogens with one attached hydrogen (secondary N) is 1. The molecule has 1 saturated carbocycles. The average molecular weight is 551 g/mol. The number of benzene rings is 3. The molecule has 0 atom stereocenters. The number of nitrogens with zero attached hydrogens (tertiary/aromatic N) is 3. The molecule has 0 radical (unpaired) electrons. The molecule has 0 bridgehead atoms. The quantitative estimate of drug-likeness (QED) is 0.163. The van der Waals surface area contributed by atoms with Crippen LogP contribution < -0.4 is 11.5 Å². The van der Waals surface area contributed by atoms with Crippen molar-refractivity contribution in [3.63, 3.8) is 0 Å². The average Bonchev–Trinajstić information content (AvgIpc) is 3.36. The maximum atomic E-state index is 13.7. The Morgan fingerprint density at radius 3 is 2.32 bits per heavy atom. The Hall–Kier alpha value is -3.97. The van der Waals surface area contributed by atoms with Gasteiger partial charge in [0.2, 0.25) is 0 Å². The van der Waals surface area contributed by atoms with Crippen molar-refractivity contribution in [2.75, 3.05) is 19.6 Å². The third-order valence-corrected chi connectivity index (χ3v) is 8.33. The number of nitrogens with two attached hydrogens (primary N) is 2. The molecule has 7 nitrogen and oxygen atoms in total. The van der Waals surface area contributed by atoms with E-state index in [1.807, 2.05) is 47.4 Å². The molecule has 4 aromatic rings. The Morgan fingerprint density at radius 2 is 1.61 bits per heavy atom. The number of imidazole rings is 1. The third-order valence-electron chi connectivity index (χ3n) is 8.33. The first-order valence-corrected chi connectivity index (χ1v) is 15.0. The van der Waals surface area contributed by atoms with E-state index in [-0.39, 0.29) is 11.7 Å². The summed E-state index contributed by atoms with van der Waals surface area (Å²) < 4.78 is 2.31. The highest BCUT2D eigenvalue weighted by Gasteiger charge is 2.22. The molecule has 41 heavy (non-hydrogen) atoms. The van der Waals surface area contributed by atoms with Gasteiger partial charge in [-0.25, -0.2) is 4.98 Å².